The van der Waals surface area contributed by atoms with E-state index in [1.165, 1.54) is 28.6 Å². The fourth-order valence-corrected chi connectivity index (χ4v) is 10.2. The molecule has 3 N–H and O–H groups in total. The number of benzene rings is 2. The van der Waals surface area contributed by atoms with Gasteiger partial charge in [0.2, 0.25) is 27.7 Å². The third-order valence-corrected chi connectivity index (χ3v) is 14.3. The highest BCUT2D eigenvalue weighted by Gasteiger charge is 2.62. The number of hydrogen-bond acceptors (Lipinski definition) is 13. The molecule has 2 aromatic carbocycles. The van der Waals surface area contributed by atoms with Crippen molar-refractivity contribution in [3.63, 3.8) is 0 Å². The quantitative estimate of drug-likeness (QED) is 0.188. The average molecular weight is 850 g/mol. The van der Waals surface area contributed by atoms with Crippen LogP contribution < -0.4 is 20.1 Å². The topological polar surface area (TPSA) is 215 Å². The smallest absolute Gasteiger partial charge is 0.272 e. The van der Waals surface area contributed by atoms with Crippen LogP contribution in [0.1, 0.15) is 74.0 Å². The highest BCUT2D eigenvalue weighted by atomic mass is 32.2. The average Bonchev–Trinajstić information content (AvgIpc) is 4.13. The fourth-order valence-electron chi connectivity index (χ4n) is 7.93. The molecule has 2 saturated carbocycles. The zero-order chi connectivity index (χ0) is 41.6. The summed E-state index contributed by atoms with van der Waals surface area (Å²) in [6, 6.07) is 12.9. The minimum absolute atomic E-state index is 0.00591. The van der Waals surface area contributed by atoms with Gasteiger partial charge in [0.25, 0.3) is 11.8 Å². The van der Waals surface area contributed by atoms with E-state index in [2.05, 4.69) is 25.3 Å². The predicted molar refractivity (Wildman–Crippen MR) is 222 cm³/mol. The Balaban J connectivity index is 1.06. The molecule has 9 rings (SSSR count). The summed E-state index contributed by atoms with van der Waals surface area (Å²) < 4.78 is 35.7. The lowest BCUT2D eigenvalue weighted by Crippen LogP contribution is -2.58. The van der Waals surface area contributed by atoms with Crippen LogP contribution >= 0.6 is 11.3 Å². The predicted octanol–water partition coefficient (Wildman–Crippen LogP) is 4.16. The van der Waals surface area contributed by atoms with Gasteiger partial charge < -0.3 is 20.3 Å². The number of carbonyl (C=O) groups is 4. The Hall–Kier alpha value is -5.88. The van der Waals surface area contributed by atoms with Gasteiger partial charge in [-0.3, -0.25) is 28.9 Å². The molecule has 2 aliphatic carbocycles. The lowest BCUT2D eigenvalue weighted by molar-refractivity contribution is -0.141. The number of rotatable bonds is 8. The molecule has 1 saturated heterocycles. The normalized spacial score (nSPS) is 24.8. The van der Waals surface area contributed by atoms with E-state index in [1.54, 1.807) is 6.92 Å². The van der Waals surface area contributed by atoms with Crippen molar-refractivity contribution in [1.82, 2.24) is 45.2 Å². The first kappa shape index (κ1) is 39.6. The molecule has 4 aliphatic rings. The van der Waals surface area contributed by atoms with Crippen LogP contribution in [0, 0.1) is 12.8 Å². The molecule has 4 amide bonds. The third-order valence-electron chi connectivity index (χ3n) is 11.5. The van der Waals surface area contributed by atoms with E-state index in [0.717, 1.165) is 23.1 Å². The molecule has 3 aromatic heterocycles. The van der Waals surface area contributed by atoms with Gasteiger partial charge >= 0.3 is 0 Å². The van der Waals surface area contributed by atoms with Crippen LogP contribution in [0.25, 0.3) is 32.0 Å². The van der Waals surface area contributed by atoms with Gasteiger partial charge in [-0.25, -0.2) is 28.4 Å². The summed E-state index contributed by atoms with van der Waals surface area (Å²) in [7, 11) is -3.92. The first-order valence-electron chi connectivity index (χ1n) is 20.2. The van der Waals surface area contributed by atoms with Gasteiger partial charge in [-0.05, 0) is 69.7 Å². The molecule has 18 heteroatoms. The van der Waals surface area contributed by atoms with Gasteiger partial charge in [0.1, 0.15) is 34.4 Å². The van der Waals surface area contributed by atoms with Crippen molar-refractivity contribution in [2.75, 3.05) is 6.54 Å². The molecule has 5 aromatic rings. The van der Waals surface area contributed by atoms with Crippen molar-refractivity contribution in [3.8, 4) is 16.6 Å². The van der Waals surface area contributed by atoms with Crippen LogP contribution in [0.2, 0.25) is 0 Å². The summed E-state index contributed by atoms with van der Waals surface area (Å²) in [5.41, 5.74) is 1.52. The molecule has 2 aliphatic heterocycles. The molecule has 310 valence electrons. The fraction of sp³-hybridized carbons (Fsp3) is 0.405. The third kappa shape index (κ3) is 8.04. The first-order valence-corrected chi connectivity index (χ1v) is 22.6. The van der Waals surface area contributed by atoms with E-state index >= 15 is 0 Å². The molecular weight excluding hydrogens is 807 g/mol. The van der Waals surface area contributed by atoms with E-state index < -0.39 is 68.5 Å². The van der Waals surface area contributed by atoms with Crippen LogP contribution in [-0.2, 0) is 24.4 Å². The monoisotopic (exact) mass is 849 g/mol. The molecule has 60 heavy (non-hydrogen) atoms. The van der Waals surface area contributed by atoms with Crippen molar-refractivity contribution in [3.05, 3.63) is 84.5 Å². The van der Waals surface area contributed by atoms with Crippen molar-refractivity contribution in [2.45, 2.75) is 93.7 Å². The maximum absolute atomic E-state index is 14.8. The van der Waals surface area contributed by atoms with E-state index in [9.17, 15) is 27.6 Å². The van der Waals surface area contributed by atoms with Crippen LogP contribution in [0.5, 0.6) is 5.88 Å². The number of para-hydroxylation sites is 3. The van der Waals surface area contributed by atoms with Gasteiger partial charge in [0, 0.05) is 18.5 Å². The number of aryl methyl sites for hydroxylation is 1. The molecule has 0 bridgehead atoms. The van der Waals surface area contributed by atoms with Gasteiger partial charge in [-0.2, -0.15) is 0 Å². The van der Waals surface area contributed by atoms with Crippen molar-refractivity contribution >= 4 is 66.2 Å². The van der Waals surface area contributed by atoms with E-state index in [-0.39, 0.29) is 37.4 Å². The lowest BCUT2D eigenvalue weighted by Gasteiger charge is -2.29. The highest BCUT2D eigenvalue weighted by Crippen LogP contribution is 2.46. The Morgan fingerprint density at radius 2 is 1.70 bits per heavy atom. The van der Waals surface area contributed by atoms with Gasteiger partial charge in [-0.1, -0.05) is 49.3 Å². The first-order chi connectivity index (χ1) is 29.0. The number of sulfonamides is 1. The number of fused-ring (bicyclic) bond motifs is 4. The molecule has 0 radical (unpaired) electrons. The van der Waals surface area contributed by atoms with Crippen LogP contribution in [0.15, 0.2) is 73.1 Å². The second-order valence-corrected chi connectivity index (χ2v) is 18.9. The Morgan fingerprint density at radius 1 is 0.933 bits per heavy atom. The second kappa shape index (κ2) is 15.9. The maximum atomic E-state index is 14.8. The summed E-state index contributed by atoms with van der Waals surface area (Å²) in [5, 5.41) is 5.69. The standard InChI is InChI=1S/C42H43N9O7S2/c1-24-21-44-32(22-43-24)36(52)46-31-15-6-4-2-3-5-11-25-20-42(25,41(55)50-60(56,57)27-17-18-27)49-37(53)33-19-26(23-51(33)40(31)54)58-38-35(45-28-12-7-8-13-29(28)47-38)39-48-30-14-9-10-16-34(30)59-39/h5,7-14,16,21-22,25-27,31,33H,2-4,6,15,17-20,23H2,1H3,(H,46,52)(H,49,53)(H,50,55)/t25-,26+,31-,33-,42+/m0/s1. The van der Waals surface area contributed by atoms with Crippen molar-refractivity contribution < 1.29 is 32.3 Å². The largest absolute Gasteiger partial charge is 0.471 e. The lowest BCUT2D eigenvalue weighted by atomic mass is 10.0. The number of hydrogen-bond donors (Lipinski definition) is 3. The second-order valence-electron chi connectivity index (χ2n) is 15.9. The number of thiazole rings is 1. The van der Waals surface area contributed by atoms with E-state index in [4.69, 9.17) is 19.7 Å². The van der Waals surface area contributed by atoms with Gasteiger partial charge in [0.15, 0.2) is 5.69 Å². The molecule has 0 spiro atoms. The number of ether oxygens (including phenoxy) is 1. The molecule has 3 fully saturated rings. The number of allylic oxidation sites excluding steroid dienone is 1. The number of nitrogens with one attached hydrogen (secondary N) is 3. The molecule has 0 unspecified atom stereocenters. The van der Waals surface area contributed by atoms with E-state index in [0.29, 0.717) is 53.1 Å². The summed E-state index contributed by atoms with van der Waals surface area (Å²) in [5.74, 6) is -2.84. The Kier molecular flexibility index (Phi) is 10.5. The molecular formula is C42H43N9O7S2. The van der Waals surface area contributed by atoms with Gasteiger partial charge in [-0.15, -0.1) is 11.3 Å². The Labute approximate surface area is 349 Å². The summed E-state index contributed by atoms with van der Waals surface area (Å²) in [6.07, 6.45) is 10.0. The number of carbonyl (C=O) groups excluding carboxylic acids is 4. The highest BCUT2D eigenvalue weighted by molar-refractivity contribution is 7.91. The maximum Gasteiger partial charge on any atom is 0.272 e. The number of aromatic nitrogens is 5. The van der Waals surface area contributed by atoms with Crippen LogP contribution in [-0.4, -0.2) is 97.4 Å². The SMILES string of the molecule is Cc1cnc(C(=O)N[C@H]2CCCCCC=C[C@H]3C[C@@]3(C(=O)NS(=O)(=O)C3CC3)NC(=O)[C@@H]3C[C@@H](Oc4nc5ccccc5nc4-c4nc5ccccc5s4)CN3C2=O)cn1. The minimum Gasteiger partial charge on any atom is -0.471 e. The summed E-state index contributed by atoms with van der Waals surface area (Å²) in [4.78, 5) is 81.2. The Bertz CT molecular complexity index is 2620. The van der Waals surface area contributed by atoms with Crippen LogP contribution in [0.4, 0.5) is 0 Å². The molecule has 5 atom stereocenters. The van der Waals surface area contributed by atoms with Crippen molar-refractivity contribution in [1.29, 1.82) is 0 Å². The number of nitrogens with zero attached hydrogens (tertiary/aromatic N) is 6. The van der Waals surface area contributed by atoms with Crippen LogP contribution in [0.3, 0.4) is 0 Å². The summed E-state index contributed by atoms with van der Waals surface area (Å²) in [6.45, 7) is 1.68. The zero-order valence-corrected chi connectivity index (χ0v) is 34.4. The molecule has 5 heterocycles. The van der Waals surface area contributed by atoms with Crippen molar-refractivity contribution in [2.24, 2.45) is 5.92 Å². The molecule has 16 nitrogen and oxygen atoms in total. The van der Waals surface area contributed by atoms with E-state index in [1.807, 2.05) is 60.7 Å². The minimum atomic E-state index is -3.92. The zero-order valence-electron chi connectivity index (χ0n) is 32.7. The number of amides is 4. The summed E-state index contributed by atoms with van der Waals surface area (Å²) >= 11 is 1.43. The Morgan fingerprint density at radius 3 is 2.45 bits per heavy atom. The van der Waals surface area contributed by atoms with Gasteiger partial charge in [0.05, 0.1) is 44.9 Å².